The van der Waals surface area contributed by atoms with Crippen LogP contribution in [0.4, 0.5) is 0 Å². The molecule has 2 rings (SSSR count). The van der Waals surface area contributed by atoms with E-state index in [9.17, 15) is 9.90 Å². The number of methoxy groups -OCH3 is 1. The maximum Gasteiger partial charge on any atom is 0.273 e. The zero-order valence-corrected chi connectivity index (χ0v) is 21.6. The molecule has 0 saturated carbocycles. The van der Waals surface area contributed by atoms with Gasteiger partial charge in [0.25, 0.3) is 5.91 Å². The summed E-state index contributed by atoms with van der Waals surface area (Å²) in [6.07, 6.45) is 0.460. The Hall–Kier alpha value is -2.46. The molecule has 2 N–H and O–H groups in total. The van der Waals surface area contributed by atoms with E-state index in [0.717, 1.165) is 5.56 Å². The fraction of sp³-hybridized carbons (Fsp3) is 0.500. The van der Waals surface area contributed by atoms with Crippen molar-refractivity contribution < 1.29 is 23.8 Å². The van der Waals surface area contributed by atoms with Crippen molar-refractivity contribution in [2.45, 2.75) is 51.6 Å². The lowest BCUT2D eigenvalue weighted by atomic mass is 10.1. The van der Waals surface area contributed by atoms with E-state index in [1.807, 2.05) is 30.3 Å². The van der Waals surface area contributed by atoms with Crippen LogP contribution in [0.25, 0.3) is 0 Å². The Morgan fingerprint density at radius 1 is 1.24 bits per heavy atom. The lowest BCUT2D eigenvalue weighted by Gasteiger charge is -2.38. The van der Waals surface area contributed by atoms with E-state index in [2.05, 4.69) is 51.0 Å². The van der Waals surface area contributed by atoms with E-state index in [4.69, 9.17) is 13.9 Å². The Labute approximate surface area is 198 Å². The van der Waals surface area contributed by atoms with Crippen LogP contribution in [0.3, 0.4) is 0 Å². The number of nitrogens with one attached hydrogen (secondary N) is 1. The minimum Gasteiger partial charge on any atom is -0.488 e. The van der Waals surface area contributed by atoms with Crippen LogP contribution in [-0.4, -0.2) is 64.0 Å². The molecule has 1 amide bonds. The molecule has 1 aliphatic rings. The maximum absolute atomic E-state index is 13.1. The van der Waals surface area contributed by atoms with Gasteiger partial charge in [-0.3, -0.25) is 4.79 Å². The van der Waals surface area contributed by atoms with Crippen molar-refractivity contribution in [2.24, 2.45) is 5.10 Å². The Bertz CT molecular complexity index is 878. The van der Waals surface area contributed by atoms with Crippen molar-refractivity contribution in [1.82, 2.24) is 10.3 Å². The van der Waals surface area contributed by atoms with Gasteiger partial charge in [0.1, 0.15) is 12.7 Å². The standard InChI is InChI=1S/C24H37N3O5Si/c1-24(2,3)33(6,7)32-17-19-15-20(28)22(31-16-18-11-9-8-10-12-18)21(27(19)25-4)23(29)26-13-14-30-5/h8-12,15,20,28H,4,13-14,16-17H2,1-3,5-7H3,(H,26,29). The number of aliphatic hydroxyl groups excluding tert-OH is 1. The summed E-state index contributed by atoms with van der Waals surface area (Å²) in [4.78, 5) is 13.1. The molecule has 9 heteroatoms. The van der Waals surface area contributed by atoms with E-state index in [1.54, 1.807) is 13.2 Å². The van der Waals surface area contributed by atoms with Gasteiger partial charge < -0.3 is 24.3 Å². The van der Waals surface area contributed by atoms with Crippen molar-refractivity contribution in [3.05, 3.63) is 59.1 Å². The molecule has 0 aromatic heterocycles. The van der Waals surface area contributed by atoms with Crippen LogP contribution < -0.4 is 5.32 Å². The average molecular weight is 476 g/mol. The summed E-state index contributed by atoms with van der Waals surface area (Å²) >= 11 is 0. The highest BCUT2D eigenvalue weighted by Crippen LogP contribution is 2.37. The number of hydrogen-bond acceptors (Lipinski definition) is 7. The molecule has 0 fully saturated rings. The van der Waals surface area contributed by atoms with Crippen molar-refractivity contribution in [3.63, 3.8) is 0 Å². The van der Waals surface area contributed by atoms with Gasteiger partial charge in [-0.05, 0) is 29.8 Å². The molecular weight excluding hydrogens is 438 g/mol. The number of hydrogen-bond donors (Lipinski definition) is 2. The van der Waals surface area contributed by atoms with Crippen LogP contribution in [0.1, 0.15) is 26.3 Å². The molecule has 1 aliphatic heterocycles. The Morgan fingerprint density at radius 2 is 1.91 bits per heavy atom. The van der Waals surface area contributed by atoms with Gasteiger partial charge in [-0.15, -0.1) is 0 Å². The SMILES string of the molecule is C=NN1C(CO[Si](C)(C)C(C)(C)C)=CC(O)C(OCc2ccccc2)=C1C(=O)NCCOC. The summed E-state index contributed by atoms with van der Waals surface area (Å²) in [6, 6.07) is 9.53. The number of amides is 1. The molecule has 0 aliphatic carbocycles. The van der Waals surface area contributed by atoms with E-state index < -0.39 is 20.3 Å². The van der Waals surface area contributed by atoms with Gasteiger partial charge in [-0.2, -0.15) is 5.10 Å². The molecule has 0 spiro atoms. The number of rotatable bonds is 11. The summed E-state index contributed by atoms with van der Waals surface area (Å²) in [6.45, 7) is 15.4. The molecule has 182 valence electrons. The van der Waals surface area contributed by atoms with E-state index in [-0.39, 0.29) is 29.7 Å². The van der Waals surface area contributed by atoms with Gasteiger partial charge in [0.15, 0.2) is 19.8 Å². The number of benzene rings is 1. The Balaban J connectivity index is 2.33. The first-order valence-corrected chi connectivity index (χ1v) is 13.9. The predicted octanol–water partition coefficient (Wildman–Crippen LogP) is 3.38. The highest BCUT2D eigenvalue weighted by atomic mass is 28.4. The molecule has 0 radical (unpaired) electrons. The Kier molecular flexibility index (Phi) is 9.42. The van der Waals surface area contributed by atoms with Crippen LogP contribution in [-0.2, 0) is 25.3 Å². The van der Waals surface area contributed by atoms with Gasteiger partial charge >= 0.3 is 0 Å². The van der Waals surface area contributed by atoms with Crippen LogP contribution in [0.15, 0.2) is 58.7 Å². The van der Waals surface area contributed by atoms with Gasteiger partial charge in [-0.25, -0.2) is 5.01 Å². The largest absolute Gasteiger partial charge is 0.488 e. The van der Waals surface area contributed by atoms with Crippen LogP contribution in [0, 0.1) is 0 Å². The Morgan fingerprint density at radius 3 is 2.48 bits per heavy atom. The molecule has 1 heterocycles. The first kappa shape index (κ1) is 26.8. The number of ether oxygens (including phenoxy) is 2. The molecule has 0 saturated heterocycles. The summed E-state index contributed by atoms with van der Waals surface area (Å²) in [5.74, 6) is -0.336. The normalized spacial score (nSPS) is 17.0. The van der Waals surface area contributed by atoms with Crippen molar-refractivity contribution in [1.29, 1.82) is 0 Å². The molecular formula is C24H37N3O5Si. The van der Waals surface area contributed by atoms with E-state index in [0.29, 0.717) is 18.8 Å². The number of carbonyl (C=O) groups excluding carboxylic acids is 1. The molecule has 33 heavy (non-hydrogen) atoms. The average Bonchev–Trinajstić information content (AvgIpc) is 2.76. The molecule has 1 unspecified atom stereocenters. The lowest BCUT2D eigenvalue weighted by Crippen LogP contribution is -2.44. The first-order valence-electron chi connectivity index (χ1n) is 11.0. The fourth-order valence-corrected chi connectivity index (χ4v) is 3.85. The van der Waals surface area contributed by atoms with E-state index >= 15 is 0 Å². The number of nitrogens with zero attached hydrogens (tertiary/aromatic N) is 2. The fourth-order valence-electron chi connectivity index (χ4n) is 2.91. The van der Waals surface area contributed by atoms with Crippen LogP contribution in [0.5, 0.6) is 0 Å². The number of carbonyl (C=O) groups is 1. The van der Waals surface area contributed by atoms with Gasteiger partial charge in [0.2, 0.25) is 0 Å². The molecule has 1 atom stereocenters. The van der Waals surface area contributed by atoms with Crippen LogP contribution in [0.2, 0.25) is 18.1 Å². The quantitative estimate of drug-likeness (QED) is 0.290. The summed E-state index contributed by atoms with van der Waals surface area (Å²) < 4.78 is 17.3. The second-order valence-corrected chi connectivity index (χ2v) is 14.2. The molecule has 8 nitrogen and oxygen atoms in total. The smallest absolute Gasteiger partial charge is 0.273 e. The van der Waals surface area contributed by atoms with Crippen molar-refractivity contribution in [2.75, 3.05) is 26.9 Å². The zero-order chi connectivity index (χ0) is 24.6. The highest BCUT2D eigenvalue weighted by molar-refractivity contribution is 6.74. The minimum atomic E-state index is -2.08. The lowest BCUT2D eigenvalue weighted by molar-refractivity contribution is -0.119. The van der Waals surface area contributed by atoms with E-state index in [1.165, 1.54) is 5.01 Å². The molecule has 1 aromatic rings. The van der Waals surface area contributed by atoms with Crippen LogP contribution >= 0.6 is 0 Å². The van der Waals surface area contributed by atoms with Gasteiger partial charge in [0.05, 0.1) is 18.9 Å². The van der Waals surface area contributed by atoms with Crippen molar-refractivity contribution >= 4 is 20.9 Å². The third-order valence-electron chi connectivity index (χ3n) is 5.91. The minimum absolute atomic E-state index is 0.00737. The summed E-state index contributed by atoms with van der Waals surface area (Å²) in [7, 11) is -0.524. The summed E-state index contributed by atoms with van der Waals surface area (Å²) in [5.41, 5.74) is 1.53. The number of aliphatic hydroxyl groups is 1. The second-order valence-electron chi connectivity index (χ2n) is 9.34. The molecule has 1 aromatic carbocycles. The number of hydrazone groups is 1. The monoisotopic (exact) mass is 475 g/mol. The third kappa shape index (κ3) is 7.01. The zero-order valence-electron chi connectivity index (χ0n) is 20.6. The highest BCUT2D eigenvalue weighted by Gasteiger charge is 2.39. The van der Waals surface area contributed by atoms with Crippen molar-refractivity contribution in [3.8, 4) is 0 Å². The third-order valence-corrected chi connectivity index (χ3v) is 10.4. The van der Waals surface area contributed by atoms with Gasteiger partial charge in [0, 0.05) is 20.4 Å². The summed E-state index contributed by atoms with van der Waals surface area (Å²) in [5, 5.41) is 19.2. The maximum atomic E-state index is 13.1. The second kappa shape index (κ2) is 11.6. The topological polar surface area (TPSA) is 92.6 Å². The van der Waals surface area contributed by atoms with Gasteiger partial charge in [-0.1, -0.05) is 51.1 Å². The molecule has 0 bridgehead atoms. The predicted molar refractivity (Wildman–Crippen MR) is 132 cm³/mol. The first-order chi connectivity index (χ1) is 15.5.